The largest absolute Gasteiger partial charge is 0.383 e. The molecule has 0 aliphatic heterocycles. The zero-order valence-corrected chi connectivity index (χ0v) is 12.8. The molecule has 4 heteroatoms. The van der Waals surface area contributed by atoms with Gasteiger partial charge in [0.05, 0.1) is 5.69 Å². The van der Waals surface area contributed by atoms with Crippen molar-refractivity contribution in [2.45, 2.75) is 25.7 Å². The number of nitrogens with two attached hydrogens (primary N) is 1. The number of nitrogen functional groups attached to an aromatic ring is 1. The van der Waals surface area contributed by atoms with Crippen LogP contribution in [0.2, 0.25) is 0 Å². The Labute approximate surface area is 121 Å². The van der Waals surface area contributed by atoms with Crippen molar-refractivity contribution >= 4 is 21.7 Å². The van der Waals surface area contributed by atoms with Crippen LogP contribution < -0.4 is 5.73 Å². The third-order valence-corrected chi connectivity index (χ3v) is 4.71. The number of anilines is 1. The maximum atomic E-state index is 6.24. The molecule has 1 fully saturated rings. The Balaban J connectivity index is 2.16. The summed E-state index contributed by atoms with van der Waals surface area (Å²) >= 11 is 3.62. The lowest BCUT2D eigenvalue weighted by Crippen LogP contribution is -2.00. The van der Waals surface area contributed by atoms with Gasteiger partial charge < -0.3 is 5.73 Å². The first-order valence-electron chi connectivity index (χ1n) is 6.67. The minimum Gasteiger partial charge on any atom is -0.383 e. The number of halogens is 1. The van der Waals surface area contributed by atoms with E-state index in [1.165, 1.54) is 12.8 Å². The minimum absolute atomic E-state index is 0.477. The average molecular weight is 320 g/mol. The van der Waals surface area contributed by atoms with E-state index in [2.05, 4.69) is 34.0 Å². The van der Waals surface area contributed by atoms with Crippen molar-refractivity contribution < 1.29 is 0 Å². The van der Waals surface area contributed by atoms with E-state index >= 15 is 0 Å². The van der Waals surface area contributed by atoms with E-state index in [0.717, 1.165) is 33.0 Å². The van der Waals surface area contributed by atoms with Crippen LogP contribution in [0.5, 0.6) is 0 Å². The summed E-state index contributed by atoms with van der Waals surface area (Å²) < 4.78 is 2.86. The molecule has 19 heavy (non-hydrogen) atoms. The van der Waals surface area contributed by atoms with Gasteiger partial charge in [0.2, 0.25) is 0 Å². The fraction of sp³-hybridized carbons (Fsp3) is 0.400. The van der Waals surface area contributed by atoms with E-state index in [1.807, 2.05) is 25.2 Å². The highest BCUT2D eigenvalue weighted by atomic mass is 79.9. The van der Waals surface area contributed by atoms with Gasteiger partial charge >= 0.3 is 0 Å². The number of benzene rings is 1. The summed E-state index contributed by atoms with van der Waals surface area (Å²) in [6, 6.07) is 8.20. The molecule has 1 heterocycles. The molecule has 0 spiro atoms. The summed E-state index contributed by atoms with van der Waals surface area (Å²) in [5.41, 5.74) is 9.60. The Morgan fingerprint density at radius 3 is 2.68 bits per heavy atom. The molecule has 0 bridgehead atoms. The molecule has 0 amide bonds. The van der Waals surface area contributed by atoms with Crippen molar-refractivity contribution in [1.82, 2.24) is 9.78 Å². The van der Waals surface area contributed by atoms with Crippen LogP contribution in [0.4, 0.5) is 5.82 Å². The molecule has 2 aromatic rings. The molecule has 100 valence electrons. The van der Waals surface area contributed by atoms with Crippen LogP contribution in [-0.4, -0.2) is 9.78 Å². The van der Waals surface area contributed by atoms with Crippen molar-refractivity contribution in [2.75, 3.05) is 5.73 Å². The number of nitrogens with zero attached hydrogens (tertiary/aromatic N) is 2. The molecule has 0 radical (unpaired) electrons. The first-order chi connectivity index (χ1) is 9.09. The molecule has 1 aliphatic carbocycles. The van der Waals surface area contributed by atoms with Crippen molar-refractivity contribution in [3.05, 3.63) is 34.4 Å². The summed E-state index contributed by atoms with van der Waals surface area (Å²) in [5, 5.41) is 4.66. The van der Waals surface area contributed by atoms with Gasteiger partial charge in [-0.15, -0.1) is 0 Å². The van der Waals surface area contributed by atoms with Crippen LogP contribution in [0.3, 0.4) is 0 Å². The van der Waals surface area contributed by atoms with Crippen molar-refractivity contribution in [2.24, 2.45) is 13.0 Å². The summed E-state index contributed by atoms with van der Waals surface area (Å²) in [5.74, 6) is 2.00. The van der Waals surface area contributed by atoms with Gasteiger partial charge in [-0.25, -0.2) is 0 Å². The van der Waals surface area contributed by atoms with Crippen LogP contribution in [0.25, 0.3) is 11.1 Å². The van der Waals surface area contributed by atoms with Crippen molar-refractivity contribution in [3.63, 3.8) is 0 Å². The fourth-order valence-electron chi connectivity index (χ4n) is 2.64. The fourth-order valence-corrected chi connectivity index (χ4v) is 3.12. The summed E-state index contributed by atoms with van der Waals surface area (Å²) in [6.07, 6.45) is 2.63. The highest BCUT2D eigenvalue weighted by Crippen LogP contribution is 2.46. The SMILES string of the molecule is CC(c1nn(C)c(N)c1-c1ccccc1Br)C1CC1. The third kappa shape index (κ3) is 2.18. The normalized spacial score (nSPS) is 16.6. The first-order valence-corrected chi connectivity index (χ1v) is 7.46. The second kappa shape index (κ2) is 4.67. The molecule has 1 aromatic heterocycles. The Morgan fingerprint density at radius 2 is 2.05 bits per heavy atom. The molecule has 2 N–H and O–H groups in total. The maximum absolute atomic E-state index is 6.24. The molecular formula is C15H18BrN3. The summed E-state index contributed by atoms with van der Waals surface area (Å²) in [7, 11) is 1.92. The first kappa shape index (κ1) is 12.7. The lowest BCUT2D eigenvalue weighted by atomic mass is 9.95. The lowest BCUT2D eigenvalue weighted by molar-refractivity contribution is 0.622. The van der Waals surface area contributed by atoms with E-state index in [0.29, 0.717) is 5.92 Å². The van der Waals surface area contributed by atoms with E-state index in [4.69, 9.17) is 5.73 Å². The van der Waals surface area contributed by atoms with E-state index in [9.17, 15) is 0 Å². The Kier molecular flexibility index (Phi) is 3.13. The standard InChI is InChI=1S/C15H18BrN3/c1-9(10-7-8-10)14-13(15(17)19(2)18-14)11-5-3-4-6-12(11)16/h3-6,9-10H,7-8,17H2,1-2H3. The number of hydrogen-bond acceptors (Lipinski definition) is 2. The molecule has 1 aromatic carbocycles. The van der Waals surface area contributed by atoms with Crippen LogP contribution in [0.1, 0.15) is 31.4 Å². The van der Waals surface area contributed by atoms with Gasteiger partial charge in [0, 0.05) is 28.6 Å². The van der Waals surface area contributed by atoms with Crippen LogP contribution >= 0.6 is 15.9 Å². The van der Waals surface area contributed by atoms with E-state index in [-0.39, 0.29) is 0 Å². The van der Waals surface area contributed by atoms with Gasteiger partial charge in [-0.1, -0.05) is 41.1 Å². The molecule has 3 nitrogen and oxygen atoms in total. The Morgan fingerprint density at radius 1 is 1.37 bits per heavy atom. The monoisotopic (exact) mass is 319 g/mol. The average Bonchev–Trinajstić information content (AvgIpc) is 3.19. The quantitative estimate of drug-likeness (QED) is 0.931. The van der Waals surface area contributed by atoms with Crippen molar-refractivity contribution in [1.29, 1.82) is 0 Å². The Hall–Kier alpha value is -1.29. The third-order valence-electron chi connectivity index (χ3n) is 4.02. The van der Waals surface area contributed by atoms with Gasteiger partial charge in [-0.2, -0.15) is 5.10 Å². The Bertz CT molecular complexity index is 614. The van der Waals surface area contributed by atoms with Gasteiger partial charge in [0.1, 0.15) is 5.82 Å². The van der Waals surface area contributed by atoms with Gasteiger partial charge in [-0.05, 0) is 24.8 Å². The molecule has 3 rings (SSSR count). The highest BCUT2D eigenvalue weighted by molar-refractivity contribution is 9.10. The summed E-state index contributed by atoms with van der Waals surface area (Å²) in [6.45, 7) is 2.26. The molecule has 1 aliphatic rings. The van der Waals surface area contributed by atoms with E-state index in [1.54, 1.807) is 4.68 Å². The molecule has 1 saturated carbocycles. The highest BCUT2D eigenvalue weighted by Gasteiger charge is 2.33. The van der Waals surface area contributed by atoms with E-state index < -0.39 is 0 Å². The van der Waals surface area contributed by atoms with Crippen LogP contribution in [0, 0.1) is 5.92 Å². The number of rotatable bonds is 3. The van der Waals surface area contributed by atoms with Crippen LogP contribution in [0.15, 0.2) is 28.7 Å². The number of aryl methyl sites for hydroxylation is 1. The minimum atomic E-state index is 0.477. The predicted molar refractivity (Wildman–Crippen MR) is 81.9 cm³/mol. The number of hydrogen-bond donors (Lipinski definition) is 1. The van der Waals surface area contributed by atoms with Gasteiger partial charge in [-0.3, -0.25) is 4.68 Å². The maximum Gasteiger partial charge on any atom is 0.129 e. The molecule has 0 saturated heterocycles. The number of aromatic nitrogens is 2. The van der Waals surface area contributed by atoms with Gasteiger partial charge in [0.25, 0.3) is 0 Å². The second-order valence-corrected chi connectivity index (χ2v) is 6.23. The summed E-state index contributed by atoms with van der Waals surface area (Å²) in [4.78, 5) is 0. The predicted octanol–water partition coefficient (Wildman–Crippen LogP) is 3.95. The molecular weight excluding hydrogens is 302 g/mol. The topological polar surface area (TPSA) is 43.8 Å². The molecule has 1 unspecified atom stereocenters. The molecule has 1 atom stereocenters. The zero-order chi connectivity index (χ0) is 13.6. The van der Waals surface area contributed by atoms with Crippen molar-refractivity contribution in [3.8, 4) is 11.1 Å². The lowest BCUT2D eigenvalue weighted by Gasteiger charge is -2.11. The van der Waals surface area contributed by atoms with Crippen LogP contribution in [-0.2, 0) is 7.05 Å². The smallest absolute Gasteiger partial charge is 0.129 e. The zero-order valence-electron chi connectivity index (χ0n) is 11.2. The van der Waals surface area contributed by atoms with Gasteiger partial charge in [0.15, 0.2) is 0 Å². The second-order valence-electron chi connectivity index (χ2n) is 5.38.